The molecule has 1 aromatic carbocycles. The Bertz CT molecular complexity index is 1260. The SMILES string of the molecule is C1CCNC1.Cc1[nH]nc2c1/C=C/c1[nH]nc3ccc(cc13)-c1cnn(C)c1OCCCO2. The van der Waals surface area contributed by atoms with Crippen molar-refractivity contribution in [3.05, 3.63) is 41.3 Å². The number of nitrogens with one attached hydrogen (secondary N) is 3. The molecule has 172 valence electrons. The maximum Gasteiger partial charge on any atom is 0.240 e. The summed E-state index contributed by atoms with van der Waals surface area (Å²) in [7, 11) is 1.88. The van der Waals surface area contributed by atoms with E-state index in [4.69, 9.17) is 9.47 Å². The Morgan fingerprint density at radius 1 is 0.970 bits per heavy atom. The molecular formula is C24H29N7O2. The van der Waals surface area contributed by atoms with Crippen LogP contribution >= 0.6 is 0 Å². The van der Waals surface area contributed by atoms with Crippen LogP contribution in [-0.4, -0.2) is 56.5 Å². The van der Waals surface area contributed by atoms with Crippen LogP contribution in [0.4, 0.5) is 0 Å². The number of rotatable bonds is 0. The Labute approximate surface area is 192 Å². The van der Waals surface area contributed by atoms with E-state index in [1.165, 1.54) is 25.9 Å². The fraction of sp³-hybridized carbons (Fsp3) is 0.375. The van der Waals surface area contributed by atoms with E-state index >= 15 is 0 Å². The maximum absolute atomic E-state index is 6.03. The number of fused-ring (bicyclic) bond motifs is 4. The smallest absolute Gasteiger partial charge is 0.240 e. The highest BCUT2D eigenvalue weighted by Gasteiger charge is 2.15. The van der Waals surface area contributed by atoms with E-state index in [0.717, 1.165) is 51.3 Å². The molecule has 2 aliphatic rings. The third-order valence-corrected chi connectivity index (χ3v) is 5.88. The van der Waals surface area contributed by atoms with Gasteiger partial charge in [0.2, 0.25) is 11.8 Å². The molecule has 1 fully saturated rings. The number of hydrogen-bond donors (Lipinski definition) is 3. The molecule has 5 heterocycles. The lowest BCUT2D eigenvalue weighted by Crippen LogP contribution is -2.08. The van der Waals surface area contributed by atoms with Crippen molar-refractivity contribution in [3.8, 4) is 22.9 Å². The van der Waals surface area contributed by atoms with Crippen molar-refractivity contribution in [2.75, 3.05) is 26.3 Å². The van der Waals surface area contributed by atoms with Crippen molar-refractivity contribution in [1.29, 1.82) is 0 Å². The van der Waals surface area contributed by atoms with E-state index in [-0.39, 0.29) is 0 Å². The molecule has 0 radical (unpaired) electrons. The summed E-state index contributed by atoms with van der Waals surface area (Å²) in [6.07, 6.45) is 9.35. The molecule has 0 atom stereocenters. The Hall–Kier alpha value is -3.59. The van der Waals surface area contributed by atoms with Crippen molar-refractivity contribution in [1.82, 2.24) is 35.5 Å². The van der Waals surface area contributed by atoms with Gasteiger partial charge in [-0.2, -0.15) is 10.2 Å². The van der Waals surface area contributed by atoms with Gasteiger partial charge < -0.3 is 14.8 Å². The van der Waals surface area contributed by atoms with E-state index in [1.807, 2.05) is 44.5 Å². The van der Waals surface area contributed by atoms with Crippen molar-refractivity contribution >= 4 is 23.1 Å². The number of aromatic nitrogens is 6. The lowest BCUT2D eigenvalue weighted by Gasteiger charge is -2.09. The van der Waals surface area contributed by atoms with Gasteiger partial charge in [-0.05, 0) is 62.7 Å². The molecule has 2 bridgehead atoms. The fourth-order valence-electron chi connectivity index (χ4n) is 4.03. The van der Waals surface area contributed by atoms with Crippen LogP contribution in [0.2, 0.25) is 0 Å². The van der Waals surface area contributed by atoms with E-state index in [2.05, 4.69) is 36.9 Å². The molecule has 9 nitrogen and oxygen atoms in total. The van der Waals surface area contributed by atoms with Gasteiger partial charge >= 0.3 is 0 Å². The number of aromatic amines is 2. The second-order valence-corrected chi connectivity index (χ2v) is 8.26. The molecule has 4 aromatic rings. The molecule has 6 rings (SSSR count). The van der Waals surface area contributed by atoms with E-state index in [9.17, 15) is 0 Å². The summed E-state index contributed by atoms with van der Waals surface area (Å²) in [6.45, 7) is 5.52. The number of nitrogens with zero attached hydrogens (tertiary/aromatic N) is 4. The zero-order chi connectivity index (χ0) is 22.6. The van der Waals surface area contributed by atoms with Crippen LogP contribution in [0.25, 0.3) is 34.2 Å². The van der Waals surface area contributed by atoms with Gasteiger partial charge in [-0.15, -0.1) is 5.10 Å². The summed E-state index contributed by atoms with van der Waals surface area (Å²) >= 11 is 0. The standard InChI is InChI=1S/C20H20N6O2.C4H9N/c1-12-14-5-7-18-15-10-13(4-6-17(15)23-24-18)16-11-21-26(2)20(16)28-9-3-8-27-19(14)25-22-12;1-2-4-5-3-1/h4-7,10-11H,3,8-9H2,1-2H3,(H,22,25)(H,23,24);5H,1-4H2/b7-5+;. The lowest BCUT2D eigenvalue weighted by molar-refractivity contribution is 0.232. The number of aryl methyl sites for hydroxylation is 2. The van der Waals surface area contributed by atoms with Gasteiger partial charge in [0.15, 0.2) is 0 Å². The molecule has 1 saturated heterocycles. The van der Waals surface area contributed by atoms with Crippen molar-refractivity contribution in [2.24, 2.45) is 7.05 Å². The molecule has 0 aliphatic carbocycles. The highest BCUT2D eigenvalue weighted by atomic mass is 16.5. The first-order valence-corrected chi connectivity index (χ1v) is 11.4. The molecule has 9 heteroatoms. The maximum atomic E-state index is 6.03. The molecule has 33 heavy (non-hydrogen) atoms. The minimum atomic E-state index is 0.514. The lowest BCUT2D eigenvalue weighted by atomic mass is 10.1. The Morgan fingerprint density at radius 3 is 2.64 bits per heavy atom. The van der Waals surface area contributed by atoms with Crippen molar-refractivity contribution < 1.29 is 9.47 Å². The zero-order valence-electron chi connectivity index (χ0n) is 19.0. The number of benzene rings is 1. The second-order valence-electron chi connectivity index (χ2n) is 8.26. The van der Waals surface area contributed by atoms with Gasteiger partial charge in [0.1, 0.15) is 0 Å². The van der Waals surface area contributed by atoms with Crippen molar-refractivity contribution in [2.45, 2.75) is 26.2 Å². The fourth-order valence-corrected chi connectivity index (χ4v) is 4.03. The Balaban J connectivity index is 0.000000406. The van der Waals surface area contributed by atoms with Gasteiger partial charge in [-0.3, -0.25) is 10.2 Å². The summed E-state index contributed by atoms with van der Waals surface area (Å²) in [6, 6.07) is 6.16. The van der Waals surface area contributed by atoms with Crippen LogP contribution in [0.5, 0.6) is 11.8 Å². The minimum Gasteiger partial charge on any atom is -0.477 e. The van der Waals surface area contributed by atoms with Crippen LogP contribution in [0.1, 0.15) is 36.2 Å². The third kappa shape index (κ3) is 4.49. The summed E-state index contributed by atoms with van der Waals surface area (Å²) in [5, 5.41) is 23.4. The van der Waals surface area contributed by atoms with E-state index < -0.39 is 0 Å². The number of ether oxygens (including phenoxy) is 2. The quantitative estimate of drug-likeness (QED) is 0.380. The Kier molecular flexibility index (Phi) is 6.12. The predicted octanol–water partition coefficient (Wildman–Crippen LogP) is 3.70. The van der Waals surface area contributed by atoms with Gasteiger partial charge in [-0.25, -0.2) is 4.68 Å². The molecule has 0 spiro atoms. The largest absolute Gasteiger partial charge is 0.477 e. The van der Waals surface area contributed by atoms with Gasteiger partial charge in [0.25, 0.3) is 0 Å². The summed E-state index contributed by atoms with van der Waals surface area (Å²) in [5.41, 5.74) is 5.71. The van der Waals surface area contributed by atoms with Crippen LogP contribution in [0.15, 0.2) is 24.4 Å². The number of H-pyrrole nitrogens is 2. The molecule has 0 unspecified atom stereocenters. The average Bonchev–Trinajstić information content (AvgIpc) is 3.62. The molecule has 0 saturated carbocycles. The normalized spacial score (nSPS) is 16.5. The van der Waals surface area contributed by atoms with Crippen LogP contribution < -0.4 is 14.8 Å². The summed E-state index contributed by atoms with van der Waals surface area (Å²) in [5.74, 6) is 1.33. The topological polar surface area (TPSA) is 106 Å². The zero-order valence-corrected chi connectivity index (χ0v) is 19.0. The second kappa shape index (κ2) is 9.50. The van der Waals surface area contributed by atoms with E-state index in [0.29, 0.717) is 19.1 Å². The molecular weight excluding hydrogens is 418 g/mol. The van der Waals surface area contributed by atoms with Crippen LogP contribution in [0.3, 0.4) is 0 Å². The monoisotopic (exact) mass is 447 g/mol. The van der Waals surface area contributed by atoms with Gasteiger partial charge in [-0.1, -0.05) is 6.07 Å². The predicted molar refractivity (Wildman–Crippen MR) is 128 cm³/mol. The molecule has 3 N–H and O–H groups in total. The number of hydrogen-bond acceptors (Lipinski definition) is 6. The van der Waals surface area contributed by atoms with Gasteiger partial charge in [0.05, 0.1) is 41.7 Å². The first kappa shape index (κ1) is 21.3. The van der Waals surface area contributed by atoms with Crippen LogP contribution in [-0.2, 0) is 7.05 Å². The highest BCUT2D eigenvalue weighted by Crippen LogP contribution is 2.33. The molecule has 2 aliphatic heterocycles. The Morgan fingerprint density at radius 2 is 1.82 bits per heavy atom. The minimum absolute atomic E-state index is 0.514. The first-order valence-electron chi connectivity index (χ1n) is 11.4. The molecule has 3 aromatic heterocycles. The van der Waals surface area contributed by atoms with Gasteiger partial charge in [0, 0.05) is 24.5 Å². The summed E-state index contributed by atoms with van der Waals surface area (Å²) in [4.78, 5) is 0. The van der Waals surface area contributed by atoms with Crippen molar-refractivity contribution in [3.63, 3.8) is 0 Å². The first-order chi connectivity index (χ1) is 16.2. The highest BCUT2D eigenvalue weighted by molar-refractivity contribution is 5.93. The van der Waals surface area contributed by atoms with Crippen LogP contribution in [0, 0.1) is 6.92 Å². The van der Waals surface area contributed by atoms with E-state index in [1.54, 1.807) is 4.68 Å². The third-order valence-electron chi connectivity index (χ3n) is 5.88. The molecule has 0 amide bonds. The average molecular weight is 448 g/mol. The summed E-state index contributed by atoms with van der Waals surface area (Å²) < 4.78 is 13.6.